The fraction of sp³-hybridized carbons (Fsp3) is 0.923. The summed E-state index contributed by atoms with van der Waals surface area (Å²) in [5.41, 5.74) is 5.67. The number of nitrogens with one attached hydrogen (secondary N) is 1. The third-order valence-corrected chi connectivity index (χ3v) is 3.84. The Balaban J connectivity index is 2.40. The van der Waals surface area contributed by atoms with E-state index in [4.69, 9.17) is 5.73 Å². The van der Waals surface area contributed by atoms with Crippen LogP contribution in [0.3, 0.4) is 0 Å². The van der Waals surface area contributed by atoms with E-state index < -0.39 is 0 Å². The highest BCUT2D eigenvalue weighted by molar-refractivity contribution is 5.83. The summed E-state index contributed by atoms with van der Waals surface area (Å²) in [5, 5.41) is 3.08. The maximum Gasteiger partial charge on any atom is 0.227 e. The first kappa shape index (κ1) is 13.5. The van der Waals surface area contributed by atoms with Gasteiger partial charge in [0.15, 0.2) is 0 Å². The zero-order valence-electron chi connectivity index (χ0n) is 10.9. The fourth-order valence-corrected chi connectivity index (χ4v) is 2.40. The fourth-order valence-electron chi connectivity index (χ4n) is 2.40. The van der Waals surface area contributed by atoms with Crippen molar-refractivity contribution >= 4 is 5.91 Å². The van der Waals surface area contributed by atoms with Crippen LogP contribution >= 0.6 is 0 Å². The molecule has 0 aromatic heterocycles. The Kier molecular flexibility index (Phi) is 4.36. The van der Waals surface area contributed by atoms with E-state index in [1.807, 2.05) is 0 Å². The van der Waals surface area contributed by atoms with Crippen LogP contribution in [0.4, 0.5) is 0 Å². The first-order valence-electron chi connectivity index (χ1n) is 6.44. The molecule has 3 heteroatoms. The Morgan fingerprint density at radius 3 is 2.44 bits per heavy atom. The van der Waals surface area contributed by atoms with Gasteiger partial charge in [0.1, 0.15) is 0 Å². The summed E-state index contributed by atoms with van der Waals surface area (Å²) < 4.78 is 0. The first-order chi connectivity index (χ1) is 7.46. The molecule has 3 N–H and O–H groups in total. The molecule has 0 unspecified atom stereocenters. The SMILES string of the molecule is CCCC(C)(C)CNC(=O)C1(CN)CCC1. The molecule has 1 rings (SSSR count). The van der Waals surface area contributed by atoms with Crippen molar-refractivity contribution in [2.45, 2.75) is 52.9 Å². The normalized spacial score (nSPS) is 19.0. The van der Waals surface area contributed by atoms with E-state index >= 15 is 0 Å². The lowest BCUT2D eigenvalue weighted by Crippen LogP contribution is -2.51. The van der Waals surface area contributed by atoms with Crippen molar-refractivity contribution in [1.29, 1.82) is 0 Å². The standard InChI is InChI=1S/C13H26N2O/c1-4-6-12(2,3)10-15-11(16)13(9-14)7-5-8-13/h4-10,14H2,1-3H3,(H,15,16). The Labute approximate surface area is 99.2 Å². The third-order valence-electron chi connectivity index (χ3n) is 3.84. The maximum atomic E-state index is 12.0. The minimum Gasteiger partial charge on any atom is -0.355 e. The van der Waals surface area contributed by atoms with Gasteiger partial charge in [0.2, 0.25) is 5.91 Å². The number of amides is 1. The van der Waals surface area contributed by atoms with Gasteiger partial charge >= 0.3 is 0 Å². The largest absolute Gasteiger partial charge is 0.355 e. The Hall–Kier alpha value is -0.570. The van der Waals surface area contributed by atoms with Gasteiger partial charge in [-0.15, -0.1) is 0 Å². The second kappa shape index (κ2) is 5.17. The number of hydrogen-bond acceptors (Lipinski definition) is 2. The number of nitrogens with two attached hydrogens (primary N) is 1. The van der Waals surface area contributed by atoms with Gasteiger partial charge in [-0.25, -0.2) is 0 Å². The van der Waals surface area contributed by atoms with Gasteiger partial charge in [-0.2, -0.15) is 0 Å². The van der Waals surface area contributed by atoms with Crippen LogP contribution in [0.15, 0.2) is 0 Å². The molecule has 0 aliphatic heterocycles. The summed E-state index contributed by atoms with van der Waals surface area (Å²) in [7, 11) is 0. The predicted octanol–water partition coefficient (Wildman–Crippen LogP) is 2.06. The summed E-state index contributed by atoms with van der Waals surface area (Å²) in [6.45, 7) is 7.84. The molecule has 0 aromatic rings. The Bertz CT molecular complexity index is 239. The molecule has 0 bridgehead atoms. The second-order valence-electron chi connectivity index (χ2n) is 5.93. The van der Waals surface area contributed by atoms with Crippen LogP contribution in [0.1, 0.15) is 52.9 Å². The van der Waals surface area contributed by atoms with Crippen molar-refractivity contribution in [2.24, 2.45) is 16.6 Å². The van der Waals surface area contributed by atoms with Crippen LogP contribution in [-0.2, 0) is 4.79 Å². The molecule has 0 radical (unpaired) electrons. The van der Waals surface area contributed by atoms with Crippen molar-refractivity contribution in [2.75, 3.05) is 13.1 Å². The maximum absolute atomic E-state index is 12.0. The van der Waals surface area contributed by atoms with E-state index in [2.05, 4.69) is 26.1 Å². The smallest absolute Gasteiger partial charge is 0.227 e. The van der Waals surface area contributed by atoms with Crippen LogP contribution in [-0.4, -0.2) is 19.0 Å². The number of carbonyl (C=O) groups excluding carboxylic acids is 1. The minimum absolute atomic E-state index is 0.172. The lowest BCUT2D eigenvalue weighted by Gasteiger charge is -2.40. The Morgan fingerprint density at radius 2 is 2.06 bits per heavy atom. The van der Waals surface area contributed by atoms with Gasteiger partial charge in [-0.1, -0.05) is 33.6 Å². The van der Waals surface area contributed by atoms with E-state index in [9.17, 15) is 4.79 Å². The molecule has 1 aliphatic rings. The predicted molar refractivity (Wildman–Crippen MR) is 67.0 cm³/mol. The summed E-state index contributed by atoms with van der Waals surface area (Å²) in [6.07, 6.45) is 5.36. The molecule has 1 aliphatic carbocycles. The molecular weight excluding hydrogens is 200 g/mol. The van der Waals surface area contributed by atoms with Gasteiger partial charge in [0.25, 0.3) is 0 Å². The van der Waals surface area contributed by atoms with Crippen LogP contribution < -0.4 is 11.1 Å². The number of carbonyl (C=O) groups is 1. The zero-order chi connectivity index (χ0) is 12.2. The Morgan fingerprint density at radius 1 is 1.44 bits per heavy atom. The van der Waals surface area contributed by atoms with Gasteiger partial charge in [-0.05, 0) is 24.7 Å². The summed E-state index contributed by atoms with van der Waals surface area (Å²) in [6, 6.07) is 0. The molecule has 1 saturated carbocycles. The quantitative estimate of drug-likeness (QED) is 0.728. The number of hydrogen-bond donors (Lipinski definition) is 2. The van der Waals surface area contributed by atoms with E-state index in [0.29, 0.717) is 6.54 Å². The summed E-state index contributed by atoms with van der Waals surface area (Å²) >= 11 is 0. The highest BCUT2D eigenvalue weighted by atomic mass is 16.2. The van der Waals surface area contributed by atoms with Gasteiger partial charge in [0.05, 0.1) is 5.41 Å². The van der Waals surface area contributed by atoms with Crippen molar-refractivity contribution in [1.82, 2.24) is 5.32 Å². The molecule has 94 valence electrons. The van der Waals surface area contributed by atoms with Crippen molar-refractivity contribution in [3.8, 4) is 0 Å². The van der Waals surface area contributed by atoms with Crippen molar-refractivity contribution < 1.29 is 4.79 Å². The first-order valence-corrected chi connectivity index (χ1v) is 6.44. The van der Waals surface area contributed by atoms with Gasteiger partial charge in [-0.3, -0.25) is 4.79 Å². The number of rotatable bonds is 6. The van der Waals surface area contributed by atoms with E-state index in [-0.39, 0.29) is 16.7 Å². The lowest BCUT2D eigenvalue weighted by atomic mass is 9.68. The molecular formula is C13H26N2O. The van der Waals surface area contributed by atoms with Crippen molar-refractivity contribution in [3.63, 3.8) is 0 Å². The van der Waals surface area contributed by atoms with E-state index in [0.717, 1.165) is 38.6 Å². The molecule has 1 fully saturated rings. The van der Waals surface area contributed by atoms with Crippen LogP contribution in [0.5, 0.6) is 0 Å². The van der Waals surface area contributed by atoms with Crippen LogP contribution in [0.2, 0.25) is 0 Å². The molecule has 0 saturated heterocycles. The topological polar surface area (TPSA) is 55.1 Å². The summed E-state index contributed by atoms with van der Waals surface area (Å²) in [4.78, 5) is 12.0. The highest BCUT2D eigenvalue weighted by Gasteiger charge is 2.42. The molecule has 0 aromatic carbocycles. The van der Waals surface area contributed by atoms with Crippen LogP contribution in [0, 0.1) is 10.8 Å². The average molecular weight is 226 g/mol. The van der Waals surface area contributed by atoms with Gasteiger partial charge < -0.3 is 11.1 Å². The molecule has 16 heavy (non-hydrogen) atoms. The monoisotopic (exact) mass is 226 g/mol. The molecule has 0 spiro atoms. The molecule has 0 heterocycles. The second-order valence-corrected chi connectivity index (χ2v) is 5.93. The molecule has 1 amide bonds. The van der Waals surface area contributed by atoms with Gasteiger partial charge in [0, 0.05) is 13.1 Å². The average Bonchev–Trinajstić information content (AvgIpc) is 2.14. The lowest BCUT2D eigenvalue weighted by molar-refractivity contribution is -0.135. The minimum atomic E-state index is -0.234. The highest BCUT2D eigenvalue weighted by Crippen LogP contribution is 2.40. The zero-order valence-corrected chi connectivity index (χ0v) is 10.9. The summed E-state index contributed by atoms with van der Waals surface area (Å²) in [5.74, 6) is 0.172. The third kappa shape index (κ3) is 2.97. The molecule has 3 nitrogen and oxygen atoms in total. The van der Waals surface area contributed by atoms with E-state index in [1.165, 1.54) is 0 Å². The molecule has 0 atom stereocenters. The van der Waals surface area contributed by atoms with E-state index in [1.54, 1.807) is 0 Å². The van der Waals surface area contributed by atoms with Crippen LogP contribution in [0.25, 0.3) is 0 Å². The van der Waals surface area contributed by atoms with Crippen molar-refractivity contribution in [3.05, 3.63) is 0 Å².